The molecule has 2 heterocycles. The molecule has 148 valence electrons. The van der Waals surface area contributed by atoms with Gasteiger partial charge in [0.25, 0.3) is 0 Å². The zero-order valence-electron chi connectivity index (χ0n) is 15.9. The molecule has 1 fully saturated rings. The van der Waals surface area contributed by atoms with Crippen molar-refractivity contribution < 1.29 is 12.8 Å². The van der Waals surface area contributed by atoms with E-state index in [4.69, 9.17) is 0 Å². The second-order valence-electron chi connectivity index (χ2n) is 7.13. The number of hydrogen-bond donors (Lipinski definition) is 0. The average Bonchev–Trinajstić information content (AvgIpc) is 2.79. The Hall–Kier alpha value is -1.77. The molecule has 1 saturated heterocycles. The van der Waals surface area contributed by atoms with Crippen molar-refractivity contribution >= 4 is 10.0 Å². The normalized spacial score (nSPS) is 17.1. The van der Waals surface area contributed by atoms with Gasteiger partial charge in [0.2, 0.25) is 10.0 Å². The molecule has 0 radical (unpaired) electrons. The fourth-order valence-corrected chi connectivity index (χ4v) is 5.07. The highest BCUT2D eigenvalue weighted by Crippen LogP contribution is 2.15. The molecule has 0 amide bonds. The van der Waals surface area contributed by atoms with E-state index in [-0.39, 0.29) is 5.75 Å². The maximum absolute atomic E-state index is 13.3. The van der Waals surface area contributed by atoms with Crippen LogP contribution in [-0.4, -0.2) is 60.1 Å². The molecule has 1 aliphatic rings. The Kier molecular flexibility index (Phi) is 6.29. The lowest BCUT2D eigenvalue weighted by Gasteiger charge is -2.22. The van der Waals surface area contributed by atoms with Crippen molar-refractivity contribution in [3.8, 4) is 0 Å². The second-order valence-corrected chi connectivity index (χ2v) is 9.10. The third-order valence-corrected chi connectivity index (χ3v) is 6.76. The second kappa shape index (κ2) is 8.50. The van der Waals surface area contributed by atoms with Gasteiger partial charge in [0.05, 0.1) is 18.0 Å². The molecule has 6 nitrogen and oxygen atoms in total. The van der Waals surface area contributed by atoms with Gasteiger partial charge in [0.1, 0.15) is 5.82 Å². The van der Waals surface area contributed by atoms with Crippen LogP contribution in [0.3, 0.4) is 0 Å². The minimum absolute atomic E-state index is 0.156. The van der Waals surface area contributed by atoms with E-state index in [0.29, 0.717) is 25.2 Å². The van der Waals surface area contributed by atoms with Crippen molar-refractivity contribution in [3.63, 3.8) is 0 Å². The summed E-state index contributed by atoms with van der Waals surface area (Å²) < 4.78 is 42.3. The summed E-state index contributed by atoms with van der Waals surface area (Å²) in [4.78, 5) is 2.29. The zero-order chi connectivity index (χ0) is 19.4. The Morgan fingerprint density at radius 2 is 1.89 bits per heavy atom. The van der Waals surface area contributed by atoms with E-state index in [2.05, 4.69) is 16.1 Å². The highest BCUT2D eigenvalue weighted by molar-refractivity contribution is 7.88. The highest BCUT2D eigenvalue weighted by atomic mass is 32.2. The van der Waals surface area contributed by atoms with Crippen molar-refractivity contribution in [1.82, 2.24) is 19.0 Å². The number of aromatic nitrogens is 2. The molecule has 3 rings (SSSR count). The minimum Gasteiger partial charge on any atom is -0.300 e. The third kappa shape index (κ3) is 5.37. The van der Waals surface area contributed by atoms with Crippen LogP contribution in [-0.2, 0) is 22.3 Å². The molecule has 0 spiro atoms. The van der Waals surface area contributed by atoms with Gasteiger partial charge in [-0.3, -0.25) is 4.68 Å². The largest absolute Gasteiger partial charge is 0.300 e. The summed E-state index contributed by atoms with van der Waals surface area (Å²) >= 11 is 0. The van der Waals surface area contributed by atoms with Crippen LogP contribution in [0.5, 0.6) is 0 Å². The molecule has 27 heavy (non-hydrogen) atoms. The number of nitrogens with zero attached hydrogens (tertiary/aromatic N) is 4. The molecular weight excluding hydrogens is 367 g/mol. The fourth-order valence-electron chi connectivity index (χ4n) is 3.52. The van der Waals surface area contributed by atoms with Gasteiger partial charge in [-0.2, -0.15) is 5.10 Å². The smallest absolute Gasteiger partial charge is 0.218 e. The molecule has 1 aromatic heterocycles. The van der Waals surface area contributed by atoms with Gasteiger partial charge < -0.3 is 4.90 Å². The summed E-state index contributed by atoms with van der Waals surface area (Å²) in [6.45, 7) is 8.21. The molecule has 1 aromatic carbocycles. The van der Waals surface area contributed by atoms with Gasteiger partial charge in [-0.05, 0) is 50.6 Å². The zero-order valence-corrected chi connectivity index (χ0v) is 16.8. The molecule has 0 N–H and O–H groups in total. The maximum atomic E-state index is 13.3. The van der Waals surface area contributed by atoms with E-state index >= 15 is 0 Å². The molecule has 0 bridgehead atoms. The number of aryl methyl sites for hydroxylation is 2. The number of rotatable bonds is 6. The van der Waals surface area contributed by atoms with Gasteiger partial charge in [-0.1, -0.05) is 12.1 Å². The molecule has 0 aliphatic carbocycles. The van der Waals surface area contributed by atoms with Crippen molar-refractivity contribution in [2.24, 2.45) is 0 Å². The van der Waals surface area contributed by atoms with E-state index in [1.54, 1.807) is 16.4 Å². The van der Waals surface area contributed by atoms with Crippen molar-refractivity contribution in [2.45, 2.75) is 32.6 Å². The summed E-state index contributed by atoms with van der Waals surface area (Å²) in [5.74, 6) is -0.565. The molecule has 0 atom stereocenters. The Morgan fingerprint density at radius 1 is 1.07 bits per heavy atom. The van der Waals surface area contributed by atoms with Crippen LogP contribution in [0.4, 0.5) is 4.39 Å². The van der Waals surface area contributed by atoms with Crippen LogP contribution in [0.15, 0.2) is 30.3 Å². The van der Waals surface area contributed by atoms with Gasteiger partial charge in [-0.15, -0.1) is 0 Å². The highest BCUT2D eigenvalue weighted by Gasteiger charge is 2.25. The minimum atomic E-state index is -3.45. The Morgan fingerprint density at radius 3 is 2.59 bits per heavy atom. The molecular formula is C19H27FN4O2S. The molecule has 1 aliphatic heterocycles. The van der Waals surface area contributed by atoms with Crippen LogP contribution >= 0.6 is 0 Å². The number of halogens is 1. The van der Waals surface area contributed by atoms with E-state index < -0.39 is 15.8 Å². The van der Waals surface area contributed by atoms with Gasteiger partial charge in [0, 0.05) is 31.9 Å². The van der Waals surface area contributed by atoms with E-state index in [9.17, 15) is 12.8 Å². The molecule has 0 saturated carbocycles. The van der Waals surface area contributed by atoms with Gasteiger partial charge in [-0.25, -0.2) is 17.1 Å². The first-order valence-electron chi connectivity index (χ1n) is 9.29. The predicted octanol–water partition coefficient (Wildman–Crippen LogP) is 2.18. The van der Waals surface area contributed by atoms with Crippen molar-refractivity contribution in [1.29, 1.82) is 0 Å². The Balaban J connectivity index is 1.56. The number of hydrogen-bond acceptors (Lipinski definition) is 4. The van der Waals surface area contributed by atoms with Crippen LogP contribution < -0.4 is 0 Å². The summed E-state index contributed by atoms with van der Waals surface area (Å²) in [6.07, 6.45) is 0.791. The number of sulfonamides is 1. The van der Waals surface area contributed by atoms with E-state index in [1.807, 2.05) is 18.5 Å². The SMILES string of the molecule is Cc1cc(C)n(CCN2CCCN(S(=O)(=O)Cc3cccc(F)c3)CC2)n1. The number of benzene rings is 1. The monoisotopic (exact) mass is 394 g/mol. The van der Waals surface area contributed by atoms with Crippen LogP contribution in [0.2, 0.25) is 0 Å². The molecule has 8 heteroatoms. The van der Waals surface area contributed by atoms with E-state index in [1.165, 1.54) is 12.1 Å². The summed E-state index contributed by atoms with van der Waals surface area (Å²) in [6, 6.07) is 7.87. The van der Waals surface area contributed by atoms with Gasteiger partial charge in [0.15, 0.2) is 0 Å². The van der Waals surface area contributed by atoms with Crippen LogP contribution in [0, 0.1) is 19.7 Å². The maximum Gasteiger partial charge on any atom is 0.218 e. The van der Waals surface area contributed by atoms with E-state index in [0.717, 1.165) is 37.4 Å². The van der Waals surface area contributed by atoms with Crippen molar-refractivity contribution in [2.75, 3.05) is 32.7 Å². The van der Waals surface area contributed by atoms with Crippen LogP contribution in [0.25, 0.3) is 0 Å². The quantitative estimate of drug-likeness (QED) is 0.754. The lowest BCUT2D eigenvalue weighted by molar-refractivity contribution is 0.269. The fraction of sp³-hybridized carbons (Fsp3) is 0.526. The molecule has 0 unspecified atom stereocenters. The Labute approximate surface area is 160 Å². The summed E-state index contributed by atoms with van der Waals surface area (Å²) in [5, 5.41) is 4.48. The Bertz CT molecular complexity index is 882. The van der Waals surface area contributed by atoms with Gasteiger partial charge >= 0.3 is 0 Å². The first-order chi connectivity index (χ1) is 12.8. The van der Waals surface area contributed by atoms with Crippen molar-refractivity contribution in [3.05, 3.63) is 53.1 Å². The first-order valence-corrected chi connectivity index (χ1v) is 10.9. The first kappa shape index (κ1) is 20.0. The standard InChI is InChI=1S/C19H27FN4O2S/c1-16-13-17(2)24(21-16)12-10-22-7-4-8-23(11-9-22)27(25,26)15-18-5-3-6-19(20)14-18/h3,5-6,13-14H,4,7-12,15H2,1-2H3. The predicted molar refractivity (Wildman–Crippen MR) is 103 cm³/mol. The average molecular weight is 395 g/mol. The van der Waals surface area contributed by atoms with Crippen LogP contribution in [0.1, 0.15) is 23.4 Å². The summed E-state index contributed by atoms with van der Waals surface area (Å²) in [7, 11) is -3.45. The lowest BCUT2D eigenvalue weighted by Crippen LogP contribution is -2.36. The summed E-state index contributed by atoms with van der Waals surface area (Å²) in [5.41, 5.74) is 2.64. The lowest BCUT2D eigenvalue weighted by atomic mass is 10.2. The third-order valence-electron chi connectivity index (χ3n) is 4.91. The molecule has 2 aromatic rings. The topological polar surface area (TPSA) is 58.4 Å².